The average molecular weight is 339 g/mol. The van der Waals surface area contributed by atoms with Gasteiger partial charge in [0.2, 0.25) is 5.91 Å². The number of amides is 1. The van der Waals surface area contributed by atoms with Crippen LogP contribution in [0, 0.1) is 0 Å². The number of carbonyl (C=O) groups is 1. The van der Waals surface area contributed by atoms with Crippen molar-refractivity contribution in [2.75, 3.05) is 10.6 Å². The van der Waals surface area contributed by atoms with Gasteiger partial charge < -0.3 is 10.6 Å². The molecule has 1 amide bonds. The molecule has 2 aromatic rings. The molecule has 1 aliphatic heterocycles. The highest BCUT2D eigenvalue weighted by Gasteiger charge is 2.19. The van der Waals surface area contributed by atoms with Crippen molar-refractivity contribution in [2.24, 2.45) is 0 Å². The van der Waals surface area contributed by atoms with E-state index in [9.17, 15) is 4.79 Å². The Kier molecular flexibility index (Phi) is 5.90. The summed E-state index contributed by atoms with van der Waals surface area (Å²) in [5, 5.41) is 15.5. The maximum atomic E-state index is 10.9. The molecular weight excluding hydrogens is 314 g/mol. The smallest absolute Gasteiger partial charge is 0.243 e. The zero-order valence-electron chi connectivity index (χ0n) is 14.3. The highest BCUT2D eigenvalue weighted by atomic mass is 16.5. The number of hydroxylamine groups is 1. The lowest BCUT2D eigenvalue weighted by molar-refractivity contribution is -0.129. The van der Waals surface area contributed by atoms with E-state index >= 15 is 0 Å². The first-order chi connectivity index (χ1) is 12.3. The van der Waals surface area contributed by atoms with E-state index in [0.717, 1.165) is 43.5 Å². The van der Waals surface area contributed by atoms with E-state index in [2.05, 4.69) is 53.1 Å². The van der Waals surface area contributed by atoms with E-state index < -0.39 is 0 Å². The van der Waals surface area contributed by atoms with Crippen molar-refractivity contribution < 1.29 is 10.0 Å². The van der Waals surface area contributed by atoms with E-state index in [0.29, 0.717) is 6.42 Å². The molecule has 5 nitrogen and oxygen atoms in total. The van der Waals surface area contributed by atoms with Crippen LogP contribution >= 0.6 is 0 Å². The Labute approximate surface area is 148 Å². The fourth-order valence-electron chi connectivity index (χ4n) is 3.20. The van der Waals surface area contributed by atoms with Gasteiger partial charge in [-0.1, -0.05) is 49.2 Å². The third kappa shape index (κ3) is 4.73. The maximum Gasteiger partial charge on any atom is 0.243 e. The predicted molar refractivity (Wildman–Crippen MR) is 101 cm³/mol. The molecule has 0 bridgehead atoms. The molecule has 0 saturated heterocycles. The van der Waals surface area contributed by atoms with Gasteiger partial charge in [-0.3, -0.25) is 10.0 Å². The number of anilines is 2. The number of unbranched alkanes of at least 4 members (excludes halogenated alkanes) is 3. The molecule has 0 aromatic heterocycles. The number of carbonyl (C=O) groups excluding carboxylic acids is 1. The largest absolute Gasteiger partial charge is 0.364 e. The van der Waals surface area contributed by atoms with Gasteiger partial charge >= 0.3 is 0 Å². The summed E-state index contributed by atoms with van der Waals surface area (Å²) in [6.07, 6.45) is 5.71. The van der Waals surface area contributed by atoms with Crippen LogP contribution in [0.15, 0.2) is 48.5 Å². The molecule has 5 heteroatoms. The lowest BCUT2D eigenvalue weighted by Crippen LogP contribution is -2.21. The molecule has 0 aliphatic carbocycles. The molecular formula is C20H25N3O2. The van der Waals surface area contributed by atoms with Crippen LogP contribution in [0.2, 0.25) is 0 Å². The topological polar surface area (TPSA) is 73.4 Å². The Morgan fingerprint density at radius 3 is 2.48 bits per heavy atom. The van der Waals surface area contributed by atoms with Crippen molar-refractivity contribution in [1.82, 2.24) is 5.48 Å². The highest BCUT2D eigenvalue weighted by molar-refractivity contribution is 5.80. The molecule has 0 radical (unpaired) electrons. The SMILES string of the molecule is O=C(CCCCCCC1Nc2ccc(-c3ccccc3)cc2N1)NO. The highest BCUT2D eigenvalue weighted by Crippen LogP contribution is 2.34. The van der Waals surface area contributed by atoms with Crippen molar-refractivity contribution in [3.63, 3.8) is 0 Å². The lowest BCUT2D eigenvalue weighted by Gasteiger charge is -2.11. The molecule has 132 valence electrons. The monoisotopic (exact) mass is 339 g/mol. The second-order valence-corrected chi connectivity index (χ2v) is 6.46. The lowest BCUT2D eigenvalue weighted by atomic mass is 10.0. The summed E-state index contributed by atoms with van der Waals surface area (Å²) in [6, 6.07) is 16.9. The summed E-state index contributed by atoms with van der Waals surface area (Å²) in [6.45, 7) is 0. The average Bonchev–Trinajstić information content (AvgIpc) is 3.06. The van der Waals surface area contributed by atoms with Crippen LogP contribution in [0.1, 0.15) is 38.5 Å². The molecule has 2 aromatic carbocycles. The number of rotatable bonds is 8. The van der Waals surface area contributed by atoms with E-state index in [1.54, 1.807) is 5.48 Å². The summed E-state index contributed by atoms with van der Waals surface area (Å²) >= 11 is 0. The fraction of sp³-hybridized carbons (Fsp3) is 0.350. The molecule has 3 rings (SSSR count). The number of nitrogens with one attached hydrogen (secondary N) is 3. The molecule has 0 spiro atoms. The van der Waals surface area contributed by atoms with Crippen LogP contribution in [-0.2, 0) is 4.79 Å². The van der Waals surface area contributed by atoms with Gasteiger partial charge in [0.05, 0.1) is 17.5 Å². The third-order valence-electron chi connectivity index (χ3n) is 4.56. The van der Waals surface area contributed by atoms with Crippen molar-refractivity contribution >= 4 is 17.3 Å². The summed E-state index contributed by atoms with van der Waals surface area (Å²) < 4.78 is 0. The molecule has 25 heavy (non-hydrogen) atoms. The first-order valence-electron chi connectivity index (χ1n) is 8.92. The zero-order chi connectivity index (χ0) is 17.5. The number of fused-ring (bicyclic) bond motifs is 1. The number of hydrogen-bond acceptors (Lipinski definition) is 4. The standard InChI is InChI=1S/C20H25N3O2/c24-20(23-25)11-7-2-1-6-10-19-21-17-13-12-16(14-18(17)22-19)15-8-4-3-5-9-15/h3-5,8-9,12-14,19,21-22,25H,1-2,6-7,10-11H2,(H,23,24). The van der Waals surface area contributed by atoms with Crippen molar-refractivity contribution in [3.8, 4) is 11.1 Å². The minimum Gasteiger partial charge on any atom is -0.364 e. The molecule has 0 saturated carbocycles. The van der Waals surface area contributed by atoms with E-state index in [1.807, 2.05) is 6.07 Å². The van der Waals surface area contributed by atoms with Crippen LogP contribution in [0.25, 0.3) is 11.1 Å². The van der Waals surface area contributed by atoms with Gasteiger partial charge in [0, 0.05) is 6.42 Å². The molecule has 1 aliphatic rings. The maximum absolute atomic E-state index is 10.9. The minimum atomic E-state index is -0.302. The molecule has 1 unspecified atom stereocenters. The van der Waals surface area contributed by atoms with Crippen molar-refractivity contribution in [1.29, 1.82) is 0 Å². The minimum absolute atomic E-state index is 0.266. The van der Waals surface area contributed by atoms with Gasteiger partial charge in [0.1, 0.15) is 0 Å². The van der Waals surface area contributed by atoms with Crippen LogP contribution in [0.5, 0.6) is 0 Å². The first kappa shape index (κ1) is 17.3. The molecule has 0 fully saturated rings. The Bertz CT molecular complexity index is 703. The van der Waals surface area contributed by atoms with Crippen LogP contribution in [0.3, 0.4) is 0 Å². The fourth-order valence-corrected chi connectivity index (χ4v) is 3.20. The van der Waals surface area contributed by atoms with Gasteiger partial charge in [-0.2, -0.15) is 0 Å². The quantitative estimate of drug-likeness (QED) is 0.327. The number of hydrogen-bond donors (Lipinski definition) is 4. The Balaban J connectivity index is 1.44. The van der Waals surface area contributed by atoms with Gasteiger partial charge in [0.25, 0.3) is 0 Å². The van der Waals surface area contributed by atoms with Crippen LogP contribution in [0.4, 0.5) is 11.4 Å². The van der Waals surface area contributed by atoms with Gasteiger partial charge in [-0.05, 0) is 42.5 Å². The van der Waals surface area contributed by atoms with E-state index in [-0.39, 0.29) is 12.1 Å². The van der Waals surface area contributed by atoms with E-state index in [1.165, 1.54) is 11.1 Å². The zero-order valence-corrected chi connectivity index (χ0v) is 14.3. The summed E-state index contributed by atoms with van der Waals surface area (Å²) in [5.74, 6) is -0.302. The molecule has 4 N–H and O–H groups in total. The Morgan fingerprint density at radius 2 is 1.68 bits per heavy atom. The molecule has 1 heterocycles. The third-order valence-corrected chi connectivity index (χ3v) is 4.56. The Hall–Kier alpha value is -2.53. The second kappa shape index (κ2) is 8.53. The summed E-state index contributed by atoms with van der Waals surface area (Å²) in [4.78, 5) is 10.9. The van der Waals surface area contributed by atoms with Gasteiger partial charge in [-0.15, -0.1) is 0 Å². The van der Waals surface area contributed by atoms with Crippen LogP contribution in [-0.4, -0.2) is 17.3 Å². The van der Waals surface area contributed by atoms with Crippen molar-refractivity contribution in [3.05, 3.63) is 48.5 Å². The predicted octanol–water partition coefficient (Wildman–Crippen LogP) is 4.36. The summed E-state index contributed by atoms with van der Waals surface area (Å²) in [5.41, 5.74) is 6.43. The van der Waals surface area contributed by atoms with Crippen molar-refractivity contribution in [2.45, 2.75) is 44.7 Å². The Morgan fingerprint density at radius 1 is 0.920 bits per heavy atom. The second-order valence-electron chi connectivity index (χ2n) is 6.46. The van der Waals surface area contributed by atoms with Gasteiger partial charge in [0.15, 0.2) is 0 Å². The van der Waals surface area contributed by atoms with E-state index in [4.69, 9.17) is 5.21 Å². The summed E-state index contributed by atoms with van der Waals surface area (Å²) in [7, 11) is 0. The number of benzene rings is 2. The first-order valence-corrected chi connectivity index (χ1v) is 8.92. The molecule has 1 atom stereocenters. The normalized spacial score (nSPS) is 15.2. The van der Waals surface area contributed by atoms with Crippen LogP contribution < -0.4 is 16.1 Å². The van der Waals surface area contributed by atoms with Gasteiger partial charge in [-0.25, -0.2) is 5.48 Å².